The van der Waals surface area contributed by atoms with Crippen molar-refractivity contribution in [2.45, 2.75) is 13.1 Å². The Morgan fingerprint density at radius 1 is 1.29 bits per heavy atom. The molecular weight excluding hydrogens is 252 g/mol. The maximum absolute atomic E-state index is 13.0. The first kappa shape index (κ1) is 13.8. The Labute approximate surface area is 102 Å². The third kappa shape index (κ3) is 3.36. The lowest BCUT2D eigenvalue weighted by Crippen LogP contribution is -2.08. The molecule has 0 N–H and O–H groups in total. The number of halogens is 4. The van der Waals surface area contributed by atoms with Crippen LogP contribution in [-0.2, 0) is 6.18 Å². The number of hydrogen-bond acceptors (Lipinski definition) is 1. The van der Waals surface area contributed by atoms with Gasteiger partial charge in [-0.25, -0.2) is 4.39 Å². The fourth-order valence-electron chi connectivity index (χ4n) is 1.32. The van der Waals surface area contributed by atoms with Crippen LogP contribution in [0.4, 0.5) is 17.6 Å². The van der Waals surface area contributed by atoms with Gasteiger partial charge in [0.15, 0.2) is 0 Å². The van der Waals surface area contributed by atoms with Crippen molar-refractivity contribution in [2.24, 2.45) is 0 Å². The molecule has 0 saturated heterocycles. The molecule has 0 fully saturated rings. The highest BCUT2D eigenvalue weighted by Gasteiger charge is 2.34. The normalized spacial score (nSPS) is 13.4. The summed E-state index contributed by atoms with van der Waals surface area (Å²) in [4.78, 5) is 0. The second kappa shape index (κ2) is 5.40. The molecule has 0 aliphatic carbocycles. The average molecular weight is 262 g/mol. The van der Waals surface area contributed by atoms with Crippen molar-refractivity contribution in [3.05, 3.63) is 52.7 Å². The third-order valence-electron chi connectivity index (χ3n) is 2.09. The zero-order valence-corrected chi connectivity index (χ0v) is 9.82. The van der Waals surface area contributed by atoms with Crippen molar-refractivity contribution in [1.82, 2.24) is 0 Å². The molecule has 0 spiro atoms. The first-order chi connectivity index (χ1) is 7.90. The highest BCUT2D eigenvalue weighted by molar-refractivity contribution is 7.83. The van der Waals surface area contributed by atoms with E-state index in [4.69, 9.17) is 0 Å². The Bertz CT molecular complexity index is 458. The van der Waals surface area contributed by atoms with E-state index in [1.165, 1.54) is 11.5 Å². The van der Waals surface area contributed by atoms with E-state index in [2.05, 4.69) is 12.6 Å². The predicted octanol–water partition coefficient (Wildman–Crippen LogP) is 4.69. The van der Waals surface area contributed by atoms with Gasteiger partial charge in [0.05, 0.1) is 5.56 Å². The molecule has 1 aromatic carbocycles. The topological polar surface area (TPSA) is 0 Å². The molecule has 0 heterocycles. The molecule has 0 bridgehead atoms. The Morgan fingerprint density at radius 3 is 2.41 bits per heavy atom. The summed E-state index contributed by atoms with van der Waals surface area (Å²) in [6.07, 6.45) is -1.43. The number of hydrogen-bond donors (Lipinski definition) is 1. The van der Waals surface area contributed by atoms with Crippen LogP contribution in [0.1, 0.15) is 18.1 Å². The van der Waals surface area contributed by atoms with Crippen LogP contribution in [0.25, 0.3) is 5.57 Å². The standard InChI is InChI=1S/C12H10F4S/c1-2-3-9(7-17)8-4-5-11(13)10(6-8)12(14,15)16/h2-7,17H,1H3/b3-2+,9-7+. The van der Waals surface area contributed by atoms with E-state index < -0.39 is 17.6 Å². The lowest BCUT2D eigenvalue weighted by atomic mass is 10.0. The zero-order valence-electron chi connectivity index (χ0n) is 8.92. The second-order valence-electron chi connectivity index (χ2n) is 3.28. The van der Waals surface area contributed by atoms with Crippen LogP contribution in [0.2, 0.25) is 0 Å². The number of allylic oxidation sites excluding steroid dienone is 3. The van der Waals surface area contributed by atoms with Gasteiger partial charge in [-0.3, -0.25) is 0 Å². The van der Waals surface area contributed by atoms with Gasteiger partial charge in [-0.15, -0.1) is 0 Å². The summed E-state index contributed by atoms with van der Waals surface area (Å²) in [6, 6.07) is 2.86. The molecule has 0 aliphatic rings. The number of thiol groups is 1. The first-order valence-corrected chi connectivity index (χ1v) is 5.26. The minimum atomic E-state index is -4.70. The Balaban J connectivity index is 3.31. The molecule has 1 rings (SSSR count). The van der Waals surface area contributed by atoms with Crippen molar-refractivity contribution in [3.8, 4) is 0 Å². The van der Waals surface area contributed by atoms with Gasteiger partial charge in [-0.2, -0.15) is 25.8 Å². The molecule has 0 aliphatic heterocycles. The maximum atomic E-state index is 13.0. The molecule has 0 aromatic heterocycles. The minimum absolute atomic E-state index is 0.270. The van der Waals surface area contributed by atoms with Crippen molar-refractivity contribution >= 4 is 18.2 Å². The SMILES string of the molecule is C/C=C/C(=C\S)c1ccc(F)c(C(F)(F)F)c1. The largest absolute Gasteiger partial charge is 0.419 e. The van der Waals surface area contributed by atoms with E-state index in [1.807, 2.05) is 0 Å². The Hall–Kier alpha value is -1.23. The van der Waals surface area contributed by atoms with Crippen molar-refractivity contribution in [3.63, 3.8) is 0 Å². The summed E-state index contributed by atoms with van der Waals surface area (Å²) in [5.74, 6) is -1.28. The highest BCUT2D eigenvalue weighted by atomic mass is 32.1. The van der Waals surface area contributed by atoms with Crippen molar-refractivity contribution in [2.75, 3.05) is 0 Å². The van der Waals surface area contributed by atoms with Crippen LogP contribution in [0, 0.1) is 5.82 Å². The van der Waals surface area contributed by atoms with Crippen LogP contribution < -0.4 is 0 Å². The van der Waals surface area contributed by atoms with Gasteiger partial charge in [0.25, 0.3) is 0 Å². The first-order valence-electron chi connectivity index (χ1n) is 4.74. The summed E-state index contributed by atoms with van der Waals surface area (Å²) in [7, 11) is 0. The van der Waals surface area contributed by atoms with Gasteiger partial charge in [-0.05, 0) is 35.6 Å². The smallest absolute Gasteiger partial charge is 0.206 e. The summed E-state index contributed by atoms with van der Waals surface area (Å²) in [5.41, 5.74) is -0.514. The molecule has 0 saturated carbocycles. The highest BCUT2D eigenvalue weighted by Crippen LogP contribution is 2.33. The molecule has 0 amide bonds. The third-order valence-corrected chi connectivity index (χ3v) is 2.37. The van der Waals surface area contributed by atoms with Crippen LogP contribution in [0.15, 0.2) is 35.8 Å². The summed E-state index contributed by atoms with van der Waals surface area (Å²) in [6.45, 7) is 1.73. The van der Waals surface area contributed by atoms with E-state index in [1.54, 1.807) is 19.1 Å². The molecule has 1 aromatic rings. The van der Waals surface area contributed by atoms with Gasteiger partial charge < -0.3 is 0 Å². The number of benzene rings is 1. The molecule has 92 valence electrons. The van der Waals surface area contributed by atoms with Crippen LogP contribution >= 0.6 is 12.6 Å². The second-order valence-corrected chi connectivity index (χ2v) is 3.54. The van der Waals surface area contributed by atoms with Crippen molar-refractivity contribution < 1.29 is 17.6 Å². The van der Waals surface area contributed by atoms with E-state index >= 15 is 0 Å². The zero-order chi connectivity index (χ0) is 13.1. The predicted molar refractivity (Wildman–Crippen MR) is 63.2 cm³/mol. The maximum Gasteiger partial charge on any atom is 0.419 e. The average Bonchev–Trinajstić information content (AvgIpc) is 2.25. The summed E-state index contributed by atoms with van der Waals surface area (Å²) < 4.78 is 50.5. The van der Waals surface area contributed by atoms with E-state index in [9.17, 15) is 17.6 Å². The monoisotopic (exact) mass is 262 g/mol. The fraction of sp³-hybridized carbons (Fsp3) is 0.167. The Morgan fingerprint density at radius 2 is 1.94 bits per heavy atom. The van der Waals surface area contributed by atoms with Gasteiger partial charge >= 0.3 is 6.18 Å². The van der Waals surface area contributed by atoms with Crippen LogP contribution in [0.3, 0.4) is 0 Å². The summed E-state index contributed by atoms with van der Waals surface area (Å²) in [5, 5.41) is 1.37. The lowest BCUT2D eigenvalue weighted by Gasteiger charge is -2.10. The molecule has 0 nitrogen and oxygen atoms in total. The van der Waals surface area contributed by atoms with Gasteiger partial charge in [-0.1, -0.05) is 18.2 Å². The van der Waals surface area contributed by atoms with Gasteiger partial charge in [0, 0.05) is 0 Å². The lowest BCUT2D eigenvalue weighted by molar-refractivity contribution is -0.140. The van der Waals surface area contributed by atoms with Gasteiger partial charge in [0.1, 0.15) is 5.82 Å². The minimum Gasteiger partial charge on any atom is -0.206 e. The van der Waals surface area contributed by atoms with Crippen LogP contribution in [0.5, 0.6) is 0 Å². The van der Waals surface area contributed by atoms with E-state index in [-0.39, 0.29) is 5.56 Å². The molecule has 0 unspecified atom stereocenters. The van der Waals surface area contributed by atoms with E-state index in [0.717, 1.165) is 12.1 Å². The quantitative estimate of drug-likeness (QED) is 0.446. The van der Waals surface area contributed by atoms with Crippen LogP contribution in [-0.4, -0.2) is 0 Å². The molecule has 17 heavy (non-hydrogen) atoms. The Kier molecular flexibility index (Phi) is 4.40. The van der Waals surface area contributed by atoms with Crippen molar-refractivity contribution in [1.29, 1.82) is 0 Å². The molecule has 0 radical (unpaired) electrons. The fourth-order valence-corrected chi connectivity index (χ4v) is 1.55. The number of alkyl halides is 3. The molecule has 5 heteroatoms. The van der Waals surface area contributed by atoms with Gasteiger partial charge in [0.2, 0.25) is 0 Å². The summed E-state index contributed by atoms with van der Waals surface area (Å²) >= 11 is 3.91. The molecular formula is C12H10F4S. The molecule has 0 atom stereocenters. The van der Waals surface area contributed by atoms with E-state index in [0.29, 0.717) is 5.57 Å². The number of rotatable bonds is 2.